The van der Waals surface area contributed by atoms with E-state index in [0.717, 1.165) is 0 Å². The van der Waals surface area contributed by atoms with E-state index in [4.69, 9.17) is 0 Å². The Hall–Kier alpha value is -3.08. The summed E-state index contributed by atoms with van der Waals surface area (Å²) < 4.78 is 11.8. The molecule has 0 amide bonds. The van der Waals surface area contributed by atoms with Crippen molar-refractivity contribution < 1.29 is 0 Å². The number of benzene rings is 6. The molecule has 0 saturated carbocycles. The Balaban J connectivity index is 1.62. The predicted molar refractivity (Wildman–Crippen MR) is 178 cm³/mol. The van der Waals surface area contributed by atoms with Gasteiger partial charge in [-0.25, -0.2) is 0 Å². The number of rotatable bonds is 9. The summed E-state index contributed by atoms with van der Waals surface area (Å²) in [5, 5.41) is 0. The molecule has 0 heterocycles. The fourth-order valence-corrected chi connectivity index (χ4v) is 46.8. The Labute approximate surface area is 247 Å². The maximum absolute atomic E-state index is 3.46. The van der Waals surface area contributed by atoms with Crippen LogP contribution in [0.25, 0.3) is 0 Å². The van der Waals surface area contributed by atoms with Crippen LogP contribution in [0, 0.1) is 0 Å². The van der Waals surface area contributed by atoms with E-state index in [1.807, 2.05) is 0 Å². The van der Waals surface area contributed by atoms with E-state index in [1.54, 1.807) is 21.5 Å². The van der Waals surface area contributed by atoms with Crippen LogP contribution in [0.4, 0.5) is 0 Å². The summed E-state index contributed by atoms with van der Waals surface area (Å²) in [6.45, 7) is 0. The Morgan fingerprint density at radius 3 is 0.525 bits per heavy atom. The summed E-state index contributed by atoms with van der Waals surface area (Å²) in [5.41, 5.74) is 0. The summed E-state index contributed by atoms with van der Waals surface area (Å²) in [6.07, 6.45) is 0. The molecule has 0 fully saturated rings. The molecule has 194 valence electrons. The standard InChI is InChI=1S/6C6H5.C2H4.2Sn/c6*1-2-4-6-5-3-1;1-2;;/h6*1-5H;1-2H2;;. The average molecular weight is 728 g/mol. The van der Waals surface area contributed by atoms with Crippen LogP contribution in [-0.4, -0.2) is 36.8 Å². The van der Waals surface area contributed by atoms with E-state index in [2.05, 4.69) is 182 Å². The molecular weight excluding hydrogens is 694 g/mol. The van der Waals surface area contributed by atoms with Gasteiger partial charge in [0.15, 0.2) is 0 Å². The zero-order chi connectivity index (χ0) is 27.1. The molecule has 2 heteroatoms. The topological polar surface area (TPSA) is 0 Å². The molecule has 0 nitrogen and oxygen atoms in total. The Morgan fingerprint density at radius 2 is 0.375 bits per heavy atom. The van der Waals surface area contributed by atoms with Crippen LogP contribution in [0.15, 0.2) is 182 Å². The minimum atomic E-state index is -3.46. The van der Waals surface area contributed by atoms with Crippen molar-refractivity contribution in [1.29, 1.82) is 0 Å². The van der Waals surface area contributed by atoms with Crippen LogP contribution >= 0.6 is 0 Å². The van der Waals surface area contributed by atoms with Crippen molar-refractivity contribution >= 4 is 58.2 Å². The fraction of sp³-hybridized carbons (Fsp3) is 0.0526. The zero-order valence-corrected chi connectivity index (χ0v) is 28.4. The molecule has 0 aliphatic carbocycles. The van der Waals surface area contributed by atoms with Gasteiger partial charge < -0.3 is 0 Å². The molecule has 40 heavy (non-hydrogen) atoms. The molecule has 0 bridgehead atoms. The van der Waals surface area contributed by atoms with Gasteiger partial charge in [0.2, 0.25) is 0 Å². The van der Waals surface area contributed by atoms with E-state index >= 15 is 0 Å². The molecule has 6 aromatic carbocycles. The van der Waals surface area contributed by atoms with Crippen LogP contribution in [0.3, 0.4) is 0 Å². The van der Waals surface area contributed by atoms with Crippen molar-refractivity contribution in [3.8, 4) is 0 Å². The molecular formula is C38H34Sn2. The van der Waals surface area contributed by atoms with E-state index < -0.39 is 36.8 Å². The van der Waals surface area contributed by atoms with Crippen molar-refractivity contribution in [2.45, 2.75) is 8.87 Å². The second kappa shape index (κ2) is 12.6. The molecule has 0 aliphatic rings. The van der Waals surface area contributed by atoms with Gasteiger partial charge in [-0.05, 0) is 0 Å². The van der Waals surface area contributed by atoms with E-state index in [9.17, 15) is 0 Å². The van der Waals surface area contributed by atoms with Gasteiger partial charge in [-0.2, -0.15) is 0 Å². The molecule has 6 aromatic rings. The summed E-state index contributed by atoms with van der Waals surface area (Å²) in [4.78, 5) is 0. The second-order valence-corrected chi connectivity index (χ2v) is 33.6. The third-order valence-corrected chi connectivity index (χ3v) is 40.8. The van der Waals surface area contributed by atoms with Crippen LogP contribution in [-0.2, 0) is 0 Å². The SMILES string of the molecule is c1cc[c]([Sn]([CH2][CH2][Sn]([c]2ccccc2)([c]2ccccc2)[c]2ccccc2)([c]2ccccc2)[c]2ccccc2)cc1. The first-order chi connectivity index (χ1) is 19.8. The summed E-state index contributed by atoms with van der Waals surface area (Å²) in [6, 6.07) is 68.9. The Kier molecular flexibility index (Phi) is 8.55. The minimum absolute atomic E-state index is 1.22. The van der Waals surface area contributed by atoms with E-state index in [-0.39, 0.29) is 0 Å². The first kappa shape index (κ1) is 27.1. The van der Waals surface area contributed by atoms with Crippen molar-refractivity contribution in [2.75, 3.05) is 0 Å². The second-order valence-electron chi connectivity index (χ2n) is 10.5. The average Bonchev–Trinajstić information content (AvgIpc) is 3.06. The summed E-state index contributed by atoms with van der Waals surface area (Å²) >= 11 is -6.92. The third kappa shape index (κ3) is 5.20. The molecule has 0 saturated heterocycles. The maximum atomic E-state index is 2.42. The summed E-state index contributed by atoms with van der Waals surface area (Å²) in [5.74, 6) is 0. The van der Waals surface area contributed by atoms with Gasteiger partial charge in [0, 0.05) is 0 Å². The van der Waals surface area contributed by atoms with Crippen molar-refractivity contribution in [1.82, 2.24) is 0 Å². The number of hydrogen-bond acceptors (Lipinski definition) is 0. The quantitative estimate of drug-likeness (QED) is 0.177. The van der Waals surface area contributed by atoms with Gasteiger partial charge in [-0.15, -0.1) is 0 Å². The monoisotopic (exact) mass is 730 g/mol. The first-order valence-corrected chi connectivity index (χ1v) is 26.8. The molecule has 0 unspecified atom stereocenters. The molecule has 0 radical (unpaired) electrons. The molecule has 6 rings (SSSR count). The van der Waals surface area contributed by atoms with Gasteiger partial charge in [0.1, 0.15) is 0 Å². The molecule has 0 N–H and O–H groups in total. The third-order valence-electron chi connectivity index (χ3n) is 8.47. The van der Waals surface area contributed by atoms with Crippen LogP contribution < -0.4 is 21.5 Å². The van der Waals surface area contributed by atoms with Gasteiger partial charge in [0.05, 0.1) is 0 Å². The normalized spacial score (nSPS) is 11.7. The number of hydrogen-bond donors (Lipinski definition) is 0. The van der Waals surface area contributed by atoms with E-state index in [1.165, 1.54) is 8.87 Å². The molecule has 0 aliphatic heterocycles. The van der Waals surface area contributed by atoms with Crippen molar-refractivity contribution in [3.05, 3.63) is 182 Å². The van der Waals surface area contributed by atoms with Crippen LogP contribution in [0.5, 0.6) is 0 Å². The fourth-order valence-electron chi connectivity index (χ4n) is 6.58. The first-order valence-electron chi connectivity index (χ1n) is 14.2. The Bertz CT molecular complexity index is 1280. The van der Waals surface area contributed by atoms with Crippen molar-refractivity contribution in [2.24, 2.45) is 0 Å². The van der Waals surface area contributed by atoms with Gasteiger partial charge >= 0.3 is 249 Å². The van der Waals surface area contributed by atoms with Crippen LogP contribution in [0.1, 0.15) is 0 Å². The zero-order valence-electron chi connectivity index (χ0n) is 22.7. The summed E-state index contributed by atoms with van der Waals surface area (Å²) in [7, 11) is 0. The Morgan fingerprint density at radius 1 is 0.225 bits per heavy atom. The molecule has 0 aromatic heterocycles. The van der Waals surface area contributed by atoms with Gasteiger partial charge in [-0.3, -0.25) is 0 Å². The predicted octanol–water partition coefficient (Wildman–Crippen LogP) is 5.33. The molecule has 0 atom stereocenters. The van der Waals surface area contributed by atoms with Gasteiger partial charge in [0.25, 0.3) is 0 Å². The molecule has 0 spiro atoms. The van der Waals surface area contributed by atoms with Crippen LogP contribution in [0.2, 0.25) is 8.87 Å². The van der Waals surface area contributed by atoms with Crippen molar-refractivity contribution in [3.63, 3.8) is 0 Å². The van der Waals surface area contributed by atoms with Gasteiger partial charge in [-0.1, -0.05) is 0 Å². The van der Waals surface area contributed by atoms with E-state index in [0.29, 0.717) is 0 Å².